The third-order valence-corrected chi connectivity index (χ3v) is 6.62. The molecule has 3 rings (SSSR count). The predicted molar refractivity (Wildman–Crippen MR) is 95.8 cm³/mol. The molecule has 0 saturated heterocycles. The number of allylic oxidation sites excluding steroid dienone is 1. The molecule has 2 fully saturated rings. The molecule has 0 amide bonds. The van der Waals surface area contributed by atoms with Crippen LogP contribution in [0, 0.1) is 16.7 Å². The monoisotopic (exact) mass is 342 g/mol. The van der Waals surface area contributed by atoms with Crippen molar-refractivity contribution in [2.24, 2.45) is 16.7 Å². The molecule has 2 N–H and O–H groups in total. The lowest BCUT2D eigenvalue weighted by Crippen LogP contribution is -2.32. The summed E-state index contributed by atoms with van der Waals surface area (Å²) >= 11 is 0. The largest absolute Gasteiger partial charge is 0.388 e. The van der Waals surface area contributed by atoms with E-state index in [2.05, 4.69) is 20.8 Å². The molecule has 1 aromatic carbocycles. The van der Waals surface area contributed by atoms with Crippen LogP contribution in [0.3, 0.4) is 0 Å². The number of ketones is 2. The molecule has 2 aliphatic rings. The Labute approximate surface area is 148 Å². The summed E-state index contributed by atoms with van der Waals surface area (Å²) in [4.78, 5) is 24.1. The van der Waals surface area contributed by atoms with E-state index in [4.69, 9.17) is 5.11 Å². The number of carbonyl (C=O) groups excluding carboxylic acids is 2. The van der Waals surface area contributed by atoms with E-state index in [1.807, 2.05) is 30.3 Å². The van der Waals surface area contributed by atoms with Crippen LogP contribution in [-0.4, -0.2) is 34.5 Å². The number of hydrogen-bond acceptors (Lipinski definition) is 4. The predicted octanol–water partition coefficient (Wildman–Crippen LogP) is 2.56. The fourth-order valence-corrected chi connectivity index (χ4v) is 4.47. The van der Waals surface area contributed by atoms with Crippen LogP contribution >= 0.6 is 0 Å². The maximum atomic E-state index is 12.9. The van der Waals surface area contributed by atoms with Gasteiger partial charge in [0.1, 0.15) is 12.7 Å². The molecule has 2 aliphatic carbocycles. The van der Waals surface area contributed by atoms with E-state index in [0.29, 0.717) is 5.92 Å². The summed E-state index contributed by atoms with van der Waals surface area (Å²) in [7, 11) is 0. The van der Waals surface area contributed by atoms with Gasteiger partial charge in [0.25, 0.3) is 0 Å². The number of aliphatic hydroxyl groups is 2. The zero-order valence-electron chi connectivity index (χ0n) is 15.1. The van der Waals surface area contributed by atoms with E-state index in [1.54, 1.807) is 0 Å². The van der Waals surface area contributed by atoms with Crippen molar-refractivity contribution in [1.29, 1.82) is 0 Å². The van der Waals surface area contributed by atoms with Crippen LogP contribution in [0.4, 0.5) is 0 Å². The number of benzene rings is 1. The lowest BCUT2D eigenvalue weighted by Gasteiger charge is -2.31. The summed E-state index contributed by atoms with van der Waals surface area (Å²) < 4.78 is 0. The van der Waals surface area contributed by atoms with Crippen molar-refractivity contribution < 1.29 is 19.8 Å². The number of carbonyl (C=O) groups is 2. The molecule has 4 heteroatoms. The van der Waals surface area contributed by atoms with Crippen molar-refractivity contribution in [2.45, 2.75) is 46.1 Å². The summed E-state index contributed by atoms with van der Waals surface area (Å²) in [6.07, 6.45) is 3.04. The molecule has 3 unspecified atom stereocenters. The lowest BCUT2D eigenvalue weighted by molar-refractivity contribution is -0.129. The second kappa shape index (κ2) is 6.19. The van der Waals surface area contributed by atoms with Gasteiger partial charge < -0.3 is 10.2 Å². The van der Waals surface area contributed by atoms with E-state index in [0.717, 1.165) is 29.5 Å². The van der Waals surface area contributed by atoms with Crippen LogP contribution in [0.15, 0.2) is 29.8 Å². The van der Waals surface area contributed by atoms with Gasteiger partial charge in [-0.25, -0.2) is 0 Å². The summed E-state index contributed by atoms with van der Waals surface area (Å²) in [5.41, 5.74) is 2.47. The molecular formula is C21H26O4. The third kappa shape index (κ3) is 2.77. The average molecular weight is 342 g/mol. The number of Topliss-reactive ketones (excluding diaryl/α,β-unsaturated/α-hetero) is 2. The van der Waals surface area contributed by atoms with Crippen LogP contribution in [-0.2, 0) is 16.0 Å². The minimum absolute atomic E-state index is 0.00459. The first kappa shape index (κ1) is 18.0. The Kier molecular flexibility index (Phi) is 4.46. The van der Waals surface area contributed by atoms with Crippen LogP contribution in [0.5, 0.6) is 0 Å². The molecule has 0 spiro atoms. The van der Waals surface area contributed by atoms with E-state index in [-0.39, 0.29) is 23.0 Å². The number of rotatable bonds is 5. The molecule has 0 aromatic heterocycles. The minimum atomic E-state index is -1.18. The van der Waals surface area contributed by atoms with Gasteiger partial charge in [0.05, 0.1) is 0 Å². The van der Waals surface area contributed by atoms with E-state index in [1.165, 1.54) is 0 Å². The Morgan fingerprint density at radius 2 is 1.92 bits per heavy atom. The molecule has 4 nitrogen and oxygen atoms in total. The third-order valence-electron chi connectivity index (χ3n) is 6.62. The summed E-state index contributed by atoms with van der Waals surface area (Å²) in [5.74, 6) is 0.0183. The van der Waals surface area contributed by atoms with Gasteiger partial charge >= 0.3 is 0 Å². The summed E-state index contributed by atoms with van der Waals surface area (Å²) in [5, 5.41) is 18.5. The fraction of sp³-hybridized carbons (Fsp3) is 0.524. The Bertz CT molecular complexity index is 729. The maximum absolute atomic E-state index is 12.9. The molecule has 3 atom stereocenters. The van der Waals surface area contributed by atoms with Crippen LogP contribution in [0.25, 0.3) is 6.08 Å². The first-order chi connectivity index (χ1) is 11.7. The summed E-state index contributed by atoms with van der Waals surface area (Å²) in [6.45, 7) is 5.85. The van der Waals surface area contributed by atoms with Gasteiger partial charge in [-0.1, -0.05) is 45.0 Å². The highest BCUT2D eigenvalue weighted by atomic mass is 16.3. The second-order valence-corrected chi connectivity index (χ2v) is 8.16. The van der Waals surface area contributed by atoms with Crippen LogP contribution < -0.4 is 0 Å². The van der Waals surface area contributed by atoms with Crippen molar-refractivity contribution in [3.05, 3.63) is 41.0 Å². The zero-order chi connectivity index (χ0) is 18.4. The fourth-order valence-electron chi connectivity index (χ4n) is 4.47. The number of fused-ring (bicyclic) bond motifs is 2. The second-order valence-electron chi connectivity index (χ2n) is 8.16. The van der Waals surface area contributed by atoms with E-state index >= 15 is 0 Å². The van der Waals surface area contributed by atoms with Crippen molar-refractivity contribution in [3.63, 3.8) is 0 Å². The maximum Gasteiger partial charge on any atom is 0.186 e. The molecule has 2 saturated carbocycles. The molecule has 0 radical (unpaired) electrons. The molecule has 25 heavy (non-hydrogen) atoms. The van der Waals surface area contributed by atoms with Gasteiger partial charge in [-0.3, -0.25) is 9.59 Å². The number of hydrogen-bond donors (Lipinski definition) is 2. The van der Waals surface area contributed by atoms with Gasteiger partial charge in [-0.05, 0) is 47.0 Å². The van der Waals surface area contributed by atoms with Crippen molar-refractivity contribution >= 4 is 17.6 Å². The van der Waals surface area contributed by atoms with Crippen molar-refractivity contribution in [3.8, 4) is 0 Å². The SMILES string of the molecule is CC12CCC(/C(=C\c3ccc(CC(O)C(=O)CO)cc3)C1=O)C2(C)C. The van der Waals surface area contributed by atoms with Gasteiger partial charge in [-0.15, -0.1) is 0 Å². The Balaban J connectivity index is 1.79. The molecule has 2 bridgehead atoms. The smallest absolute Gasteiger partial charge is 0.186 e. The Hall–Kier alpha value is -1.78. The Morgan fingerprint density at radius 3 is 2.44 bits per heavy atom. The first-order valence-corrected chi connectivity index (χ1v) is 8.87. The highest BCUT2D eigenvalue weighted by Gasteiger charge is 2.63. The van der Waals surface area contributed by atoms with E-state index < -0.39 is 18.5 Å². The Morgan fingerprint density at radius 1 is 1.28 bits per heavy atom. The average Bonchev–Trinajstić information content (AvgIpc) is 2.89. The highest BCUT2D eigenvalue weighted by molar-refractivity contribution is 6.07. The highest BCUT2D eigenvalue weighted by Crippen LogP contribution is 2.65. The van der Waals surface area contributed by atoms with Crippen molar-refractivity contribution in [2.75, 3.05) is 6.61 Å². The van der Waals surface area contributed by atoms with Crippen LogP contribution in [0.1, 0.15) is 44.7 Å². The van der Waals surface area contributed by atoms with Gasteiger partial charge in [0, 0.05) is 11.8 Å². The standard InChI is InChI=1S/C21H26O4/c1-20(2)16-8-9-21(20,3)19(25)15(16)10-13-4-6-14(7-5-13)11-17(23)18(24)12-22/h4-7,10,16-17,22-23H,8-9,11-12H2,1-3H3/b15-10+. The van der Waals surface area contributed by atoms with Crippen molar-refractivity contribution in [1.82, 2.24) is 0 Å². The quantitative estimate of drug-likeness (QED) is 0.807. The topological polar surface area (TPSA) is 74.6 Å². The van der Waals surface area contributed by atoms with Gasteiger partial charge in [0.15, 0.2) is 11.6 Å². The van der Waals surface area contributed by atoms with Crippen LogP contribution in [0.2, 0.25) is 0 Å². The molecule has 0 heterocycles. The van der Waals surface area contributed by atoms with E-state index in [9.17, 15) is 14.7 Å². The lowest BCUT2D eigenvalue weighted by atomic mass is 9.70. The molecular weight excluding hydrogens is 316 g/mol. The molecule has 134 valence electrons. The normalized spacial score (nSPS) is 30.0. The summed E-state index contributed by atoms with van der Waals surface area (Å²) in [6, 6.07) is 7.52. The zero-order valence-corrected chi connectivity index (χ0v) is 15.1. The minimum Gasteiger partial charge on any atom is -0.388 e. The van der Waals surface area contributed by atoms with Gasteiger partial charge in [0.2, 0.25) is 0 Å². The number of aliphatic hydroxyl groups excluding tert-OH is 2. The molecule has 1 aromatic rings. The molecule has 0 aliphatic heterocycles. The van der Waals surface area contributed by atoms with Gasteiger partial charge in [-0.2, -0.15) is 0 Å². The first-order valence-electron chi connectivity index (χ1n) is 8.87.